The molecule has 0 unspecified atom stereocenters. The molecule has 7 aromatic carbocycles. The van der Waals surface area contributed by atoms with Crippen LogP contribution in [-0.2, 0) is 0 Å². The maximum Gasteiger partial charge on any atom is 0.124 e. The van der Waals surface area contributed by atoms with Gasteiger partial charge in [0.05, 0.1) is 33.1 Å². The van der Waals surface area contributed by atoms with Gasteiger partial charge in [0.15, 0.2) is 0 Å². The van der Waals surface area contributed by atoms with Gasteiger partial charge in [-0.3, -0.25) is 0 Å². The molecule has 12 aromatic rings. The molecule has 0 aliphatic heterocycles. The molecule has 52 heavy (non-hydrogen) atoms. The zero-order valence-electron chi connectivity index (χ0n) is 27.9. The molecule has 242 valence electrons. The summed E-state index contributed by atoms with van der Waals surface area (Å²) in [5.74, 6) is 0. The van der Waals surface area contributed by atoms with Gasteiger partial charge in [-0.1, -0.05) is 72.8 Å². The summed E-state index contributed by atoms with van der Waals surface area (Å²) < 4.78 is 8.51. The highest BCUT2D eigenvalue weighted by Crippen LogP contribution is 2.40. The van der Waals surface area contributed by atoms with Crippen LogP contribution in [0.15, 0.2) is 170 Å². The highest BCUT2D eigenvalue weighted by Gasteiger charge is 2.19. The predicted molar refractivity (Wildman–Crippen MR) is 220 cm³/mol. The Bertz CT molecular complexity index is 3370. The molecule has 0 amide bonds. The SMILES string of the molecule is c1cnc2sc3ccc(-n4c5ccccc5c5cc(-n6c7ccccc7c7cc(-n8c9ccccc9c9ccccc98)ccc76)ccc54)cc3c2c1. The van der Waals surface area contributed by atoms with Crippen molar-refractivity contribution in [2.75, 3.05) is 0 Å². The Labute approximate surface area is 301 Å². The highest BCUT2D eigenvalue weighted by molar-refractivity contribution is 7.25. The lowest BCUT2D eigenvalue weighted by Crippen LogP contribution is -1.96. The topological polar surface area (TPSA) is 27.7 Å². The van der Waals surface area contributed by atoms with Gasteiger partial charge in [0.25, 0.3) is 0 Å². The predicted octanol–water partition coefficient (Wildman–Crippen LogP) is 12.7. The Kier molecular flexibility index (Phi) is 5.62. The van der Waals surface area contributed by atoms with Crippen molar-refractivity contribution in [1.29, 1.82) is 0 Å². The lowest BCUT2D eigenvalue weighted by molar-refractivity contribution is 1.16. The molecular weight excluding hydrogens is 653 g/mol. The normalized spacial score (nSPS) is 12.2. The Morgan fingerprint density at radius 1 is 0.327 bits per heavy atom. The zero-order chi connectivity index (χ0) is 33.9. The average molecular weight is 681 g/mol. The molecule has 0 bridgehead atoms. The smallest absolute Gasteiger partial charge is 0.124 e. The number of aromatic nitrogens is 4. The summed E-state index contributed by atoms with van der Waals surface area (Å²) >= 11 is 1.75. The third-order valence-electron chi connectivity index (χ3n) is 10.9. The fourth-order valence-corrected chi connectivity index (χ4v) is 9.72. The van der Waals surface area contributed by atoms with E-state index in [0.29, 0.717) is 0 Å². The van der Waals surface area contributed by atoms with Crippen LogP contribution in [0.25, 0.3) is 103 Å². The number of fused-ring (bicyclic) bond motifs is 12. The lowest BCUT2D eigenvalue weighted by Gasteiger charge is -2.11. The van der Waals surface area contributed by atoms with E-state index in [1.54, 1.807) is 11.3 Å². The summed E-state index contributed by atoms with van der Waals surface area (Å²) in [4.78, 5) is 5.72. The van der Waals surface area contributed by atoms with Crippen molar-refractivity contribution < 1.29 is 0 Å². The van der Waals surface area contributed by atoms with Crippen molar-refractivity contribution in [3.05, 3.63) is 170 Å². The van der Waals surface area contributed by atoms with E-state index < -0.39 is 0 Å². The second-order valence-corrected chi connectivity index (χ2v) is 14.6. The maximum atomic E-state index is 4.64. The van der Waals surface area contributed by atoms with Crippen molar-refractivity contribution in [1.82, 2.24) is 18.7 Å². The van der Waals surface area contributed by atoms with E-state index in [1.807, 2.05) is 12.3 Å². The van der Waals surface area contributed by atoms with Crippen LogP contribution in [0.3, 0.4) is 0 Å². The molecule has 12 rings (SSSR count). The van der Waals surface area contributed by atoms with Gasteiger partial charge in [0.2, 0.25) is 0 Å². The van der Waals surface area contributed by atoms with Gasteiger partial charge < -0.3 is 13.7 Å². The molecule has 0 radical (unpaired) electrons. The second-order valence-electron chi connectivity index (χ2n) is 13.6. The number of benzene rings is 7. The van der Waals surface area contributed by atoms with Crippen molar-refractivity contribution in [2.45, 2.75) is 0 Å². The Morgan fingerprint density at radius 3 is 1.21 bits per heavy atom. The van der Waals surface area contributed by atoms with E-state index >= 15 is 0 Å². The van der Waals surface area contributed by atoms with Gasteiger partial charge in [-0.15, -0.1) is 11.3 Å². The maximum absolute atomic E-state index is 4.64. The first-order valence-electron chi connectivity index (χ1n) is 17.6. The molecule has 5 heteroatoms. The minimum Gasteiger partial charge on any atom is -0.309 e. The van der Waals surface area contributed by atoms with E-state index in [4.69, 9.17) is 0 Å². The molecule has 0 aliphatic carbocycles. The third-order valence-corrected chi connectivity index (χ3v) is 12.0. The number of para-hydroxylation sites is 4. The zero-order valence-corrected chi connectivity index (χ0v) is 28.7. The van der Waals surface area contributed by atoms with Gasteiger partial charge in [0.1, 0.15) is 4.83 Å². The van der Waals surface area contributed by atoms with Crippen molar-refractivity contribution in [2.24, 2.45) is 0 Å². The molecule has 0 fully saturated rings. The van der Waals surface area contributed by atoms with Gasteiger partial charge in [-0.25, -0.2) is 4.98 Å². The number of hydrogen-bond donors (Lipinski definition) is 0. The standard InChI is InChI=1S/C47H28N4S/c1-5-15-40-32(10-1)33-11-2-6-16-41(33)49(40)29-19-22-44-37(26-29)34-12-3-7-17-42(34)50(44)30-20-23-45-38(27-30)35-13-4-8-18-43(35)51(45)31-21-24-46-39(28-31)36-14-9-25-48-47(36)52-46/h1-28H. The fraction of sp³-hybridized carbons (Fsp3) is 0. The molecular formula is C47H28N4S. The van der Waals surface area contributed by atoms with Crippen LogP contribution in [0.5, 0.6) is 0 Å². The van der Waals surface area contributed by atoms with E-state index in [-0.39, 0.29) is 0 Å². The third kappa shape index (κ3) is 3.78. The van der Waals surface area contributed by atoms with E-state index in [2.05, 4.69) is 176 Å². The Balaban J connectivity index is 1.08. The summed E-state index contributed by atoms with van der Waals surface area (Å²) in [5, 5.41) is 9.96. The molecule has 5 aromatic heterocycles. The van der Waals surface area contributed by atoms with Crippen LogP contribution < -0.4 is 0 Å². The molecule has 0 spiro atoms. The molecule has 0 atom stereocenters. The van der Waals surface area contributed by atoms with Crippen LogP contribution in [0, 0.1) is 0 Å². The highest BCUT2D eigenvalue weighted by atomic mass is 32.1. The van der Waals surface area contributed by atoms with Gasteiger partial charge in [-0.05, 0) is 91.0 Å². The van der Waals surface area contributed by atoms with Crippen LogP contribution >= 0.6 is 11.3 Å². The van der Waals surface area contributed by atoms with Crippen molar-refractivity contribution in [3.8, 4) is 17.1 Å². The molecule has 0 aliphatic rings. The van der Waals surface area contributed by atoms with Crippen LogP contribution in [0.4, 0.5) is 0 Å². The summed E-state index contributed by atoms with van der Waals surface area (Å²) in [7, 11) is 0. The number of pyridine rings is 1. The summed E-state index contributed by atoms with van der Waals surface area (Å²) in [5.41, 5.74) is 10.7. The average Bonchev–Trinajstić information content (AvgIpc) is 3.93. The largest absolute Gasteiger partial charge is 0.309 e. The first-order chi connectivity index (χ1) is 25.8. The quantitative estimate of drug-likeness (QED) is 0.182. The Hall–Kier alpha value is -6.69. The Morgan fingerprint density at radius 2 is 0.712 bits per heavy atom. The fourth-order valence-electron chi connectivity index (χ4n) is 8.69. The van der Waals surface area contributed by atoms with Crippen LogP contribution in [0.2, 0.25) is 0 Å². The number of rotatable bonds is 3. The van der Waals surface area contributed by atoms with Gasteiger partial charge in [-0.2, -0.15) is 0 Å². The van der Waals surface area contributed by atoms with Crippen LogP contribution in [-0.4, -0.2) is 18.7 Å². The first-order valence-corrected chi connectivity index (χ1v) is 18.4. The minimum atomic E-state index is 1.08. The summed E-state index contributed by atoms with van der Waals surface area (Å²) in [6.45, 7) is 0. The molecule has 0 saturated heterocycles. The molecule has 5 heterocycles. The van der Waals surface area contributed by atoms with Crippen LogP contribution in [0.1, 0.15) is 0 Å². The van der Waals surface area contributed by atoms with Crippen molar-refractivity contribution in [3.63, 3.8) is 0 Å². The van der Waals surface area contributed by atoms with Gasteiger partial charge in [0, 0.05) is 71.0 Å². The minimum absolute atomic E-state index is 1.08. The monoisotopic (exact) mass is 680 g/mol. The first kappa shape index (κ1) is 28.1. The number of hydrogen-bond acceptors (Lipinski definition) is 2. The van der Waals surface area contributed by atoms with E-state index in [9.17, 15) is 0 Å². The lowest BCUT2D eigenvalue weighted by atomic mass is 10.1. The second kappa shape index (κ2) is 10.4. The van der Waals surface area contributed by atoms with E-state index in [0.717, 1.165) is 21.9 Å². The summed E-state index contributed by atoms with van der Waals surface area (Å²) in [6, 6.07) is 60.0. The van der Waals surface area contributed by atoms with E-state index in [1.165, 1.54) is 80.9 Å². The molecule has 4 nitrogen and oxygen atoms in total. The number of thiophene rings is 1. The van der Waals surface area contributed by atoms with Gasteiger partial charge >= 0.3 is 0 Å². The summed E-state index contributed by atoms with van der Waals surface area (Å²) in [6.07, 6.45) is 1.88. The molecule has 0 saturated carbocycles. The van der Waals surface area contributed by atoms with Crippen molar-refractivity contribution >= 4 is 97.1 Å². The molecule has 0 N–H and O–H groups in total. The number of nitrogens with zero attached hydrogens (tertiary/aromatic N) is 4.